The Bertz CT molecular complexity index is 1040. The Morgan fingerprint density at radius 2 is 1.97 bits per heavy atom. The van der Waals surface area contributed by atoms with Crippen molar-refractivity contribution in [1.82, 2.24) is 14.5 Å². The van der Waals surface area contributed by atoms with Crippen LogP contribution in [0.3, 0.4) is 0 Å². The lowest BCUT2D eigenvalue weighted by Crippen LogP contribution is -2.31. The highest BCUT2D eigenvalue weighted by Gasteiger charge is 2.47. The number of ketones is 1. The number of aromatic nitrogens is 2. The molecule has 1 atom stereocenters. The minimum absolute atomic E-state index is 0.0702. The van der Waals surface area contributed by atoms with Crippen LogP contribution in [0, 0.1) is 5.82 Å². The van der Waals surface area contributed by atoms with Gasteiger partial charge in [0.15, 0.2) is 0 Å². The first-order valence-electron chi connectivity index (χ1n) is 9.10. The first-order chi connectivity index (χ1) is 14.1. The summed E-state index contributed by atoms with van der Waals surface area (Å²) in [5.74, 6) is -1.96. The van der Waals surface area contributed by atoms with E-state index in [-0.39, 0.29) is 23.4 Å². The largest absolute Gasteiger partial charge is 0.507 e. The van der Waals surface area contributed by atoms with Crippen LogP contribution in [0.15, 0.2) is 71.4 Å². The Kier molecular flexibility index (Phi) is 4.99. The van der Waals surface area contributed by atoms with Gasteiger partial charge in [0.25, 0.3) is 11.7 Å². The summed E-state index contributed by atoms with van der Waals surface area (Å²) in [5.41, 5.74) is 0.179. The number of aliphatic hydroxyl groups is 1. The number of likely N-dealkylation sites (tertiary alicyclic amines) is 1. The van der Waals surface area contributed by atoms with E-state index in [4.69, 9.17) is 4.42 Å². The number of nitrogens with zero attached hydrogens (tertiary/aromatic N) is 3. The minimum Gasteiger partial charge on any atom is -0.507 e. The molecular formula is C21H18FN3O4. The third-order valence-corrected chi connectivity index (χ3v) is 4.84. The van der Waals surface area contributed by atoms with Gasteiger partial charge in [0.1, 0.15) is 23.4 Å². The van der Waals surface area contributed by atoms with Crippen molar-refractivity contribution in [2.75, 3.05) is 6.54 Å². The predicted molar refractivity (Wildman–Crippen MR) is 101 cm³/mol. The van der Waals surface area contributed by atoms with Gasteiger partial charge < -0.3 is 19.0 Å². The summed E-state index contributed by atoms with van der Waals surface area (Å²) in [7, 11) is 0. The molecule has 1 aliphatic heterocycles. The van der Waals surface area contributed by atoms with E-state index in [9.17, 15) is 19.1 Å². The van der Waals surface area contributed by atoms with Crippen molar-refractivity contribution >= 4 is 17.4 Å². The molecule has 4 rings (SSSR count). The Labute approximate surface area is 165 Å². The fraction of sp³-hybridized carbons (Fsp3) is 0.190. The molecule has 3 heterocycles. The van der Waals surface area contributed by atoms with Crippen LogP contribution in [-0.4, -0.2) is 37.8 Å². The smallest absolute Gasteiger partial charge is 0.295 e. The highest BCUT2D eigenvalue weighted by molar-refractivity contribution is 6.46. The normalized spacial score (nSPS) is 18.5. The topological polar surface area (TPSA) is 88.6 Å². The zero-order valence-corrected chi connectivity index (χ0v) is 15.4. The molecule has 1 aliphatic rings. The van der Waals surface area contributed by atoms with Crippen molar-refractivity contribution < 1.29 is 23.5 Å². The number of Topliss-reactive ketones (excluding diaryl/α,β-unsaturated/α-hetero) is 1. The number of aliphatic hydroxyl groups excluding tert-OH is 1. The van der Waals surface area contributed by atoms with Crippen molar-refractivity contribution in [3.8, 4) is 0 Å². The lowest BCUT2D eigenvalue weighted by molar-refractivity contribution is -0.140. The molecule has 1 saturated heterocycles. The highest BCUT2D eigenvalue weighted by atomic mass is 19.1. The second-order valence-corrected chi connectivity index (χ2v) is 6.67. The van der Waals surface area contributed by atoms with Crippen molar-refractivity contribution in [3.05, 3.63) is 84.1 Å². The quantitative estimate of drug-likeness (QED) is 0.394. The lowest BCUT2D eigenvalue weighted by Gasteiger charge is -2.23. The standard InChI is InChI=1S/C21H18FN3O4/c22-15-6-4-14(5-7-15)19(26)17-18(16-3-1-12-29-16)25(21(28)20(17)27)10-2-9-24-11-8-23-13-24/h1,3-8,11-13,18,26H,2,9-10H2/t18-/m1/s1. The summed E-state index contributed by atoms with van der Waals surface area (Å²) < 4.78 is 20.6. The van der Waals surface area contributed by atoms with Gasteiger partial charge in [-0.3, -0.25) is 9.59 Å². The molecule has 7 nitrogen and oxygen atoms in total. The summed E-state index contributed by atoms with van der Waals surface area (Å²) in [6, 6.07) is 7.52. The zero-order chi connectivity index (χ0) is 20.4. The number of carbonyl (C=O) groups excluding carboxylic acids is 2. The predicted octanol–water partition coefficient (Wildman–Crippen LogP) is 3.13. The second-order valence-electron chi connectivity index (χ2n) is 6.67. The van der Waals surface area contributed by atoms with E-state index in [1.165, 1.54) is 35.4 Å². The second kappa shape index (κ2) is 7.75. The van der Waals surface area contributed by atoms with Gasteiger partial charge in [-0.1, -0.05) is 0 Å². The van der Waals surface area contributed by atoms with Crippen LogP contribution >= 0.6 is 0 Å². The van der Waals surface area contributed by atoms with E-state index < -0.39 is 23.5 Å². The van der Waals surface area contributed by atoms with Crippen LogP contribution in [0.2, 0.25) is 0 Å². The number of hydrogen-bond donors (Lipinski definition) is 1. The molecule has 0 saturated carbocycles. The van der Waals surface area contributed by atoms with Crippen LogP contribution < -0.4 is 0 Å². The van der Waals surface area contributed by atoms with Crippen LogP contribution in [-0.2, 0) is 16.1 Å². The Balaban J connectivity index is 1.68. The summed E-state index contributed by atoms with van der Waals surface area (Å²) >= 11 is 0. The van der Waals surface area contributed by atoms with E-state index in [1.54, 1.807) is 24.7 Å². The molecule has 0 aliphatic carbocycles. The minimum atomic E-state index is -0.849. The molecule has 0 unspecified atom stereocenters. The molecular weight excluding hydrogens is 377 g/mol. The fourth-order valence-electron chi connectivity index (χ4n) is 3.46. The van der Waals surface area contributed by atoms with Crippen molar-refractivity contribution in [2.24, 2.45) is 0 Å². The number of rotatable bonds is 6. The van der Waals surface area contributed by atoms with Crippen LogP contribution in [0.25, 0.3) is 5.76 Å². The van der Waals surface area contributed by atoms with Crippen molar-refractivity contribution in [3.63, 3.8) is 0 Å². The van der Waals surface area contributed by atoms with Crippen molar-refractivity contribution in [1.29, 1.82) is 0 Å². The first kappa shape index (κ1) is 18.7. The summed E-state index contributed by atoms with van der Waals surface area (Å²) in [5, 5.41) is 10.8. The number of furan rings is 1. The van der Waals surface area contributed by atoms with E-state index in [2.05, 4.69) is 4.98 Å². The molecule has 0 spiro atoms. The maximum absolute atomic E-state index is 13.2. The third-order valence-electron chi connectivity index (χ3n) is 4.84. The van der Waals surface area contributed by atoms with Gasteiger partial charge in [-0.05, 0) is 42.8 Å². The molecule has 3 aromatic rings. The number of amides is 1. The highest BCUT2D eigenvalue weighted by Crippen LogP contribution is 2.39. The average molecular weight is 395 g/mol. The number of imidazole rings is 1. The number of benzene rings is 1. The number of halogens is 1. The lowest BCUT2D eigenvalue weighted by atomic mass is 9.99. The SMILES string of the molecule is O=C1C(=O)N(CCCn2ccnc2)[C@H](c2ccco2)C1=C(O)c1ccc(F)cc1. The third kappa shape index (κ3) is 3.56. The van der Waals surface area contributed by atoms with E-state index in [1.807, 2.05) is 10.8 Å². The molecule has 0 radical (unpaired) electrons. The van der Waals surface area contributed by atoms with E-state index in [0.717, 1.165) is 0 Å². The molecule has 8 heteroatoms. The molecule has 0 bridgehead atoms. The average Bonchev–Trinajstić information content (AvgIpc) is 3.46. The van der Waals surface area contributed by atoms with Crippen LogP contribution in [0.1, 0.15) is 23.8 Å². The molecule has 29 heavy (non-hydrogen) atoms. The first-order valence-corrected chi connectivity index (χ1v) is 9.10. The van der Waals surface area contributed by atoms with Gasteiger partial charge in [-0.25, -0.2) is 9.37 Å². The van der Waals surface area contributed by atoms with Crippen LogP contribution in [0.4, 0.5) is 4.39 Å². The van der Waals surface area contributed by atoms with Crippen molar-refractivity contribution in [2.45, 2.75) is 19.0 Å². The van der Waals surface area contributed by atoms with Gasteiger partial charge in [0.05, 0.1) is 18.2 Å². The Hall–Kier alpha value is -3.68. The zero-order valence-electron chi connectivity index (χ0n) is 15.4. The molecule has 1 fully saturated rings. The molecule has 1 amide bonds. The molecule has 148 valence electrons. The molecule has 2 aromatic heterocycles. The van der Waals surface area contributed by atoms with Gasteiger partial charge in [0, 0.05) is 31.0 Å². The summed E-state index contributed by atoms with van der Waals surface area (Å²) in [4.78, 5) is 30.8. The van der Waals surface area contributed by atoms with Gasteiger partial charge in [-0.15, -0.1) is 0 Å². The van der Waals surface area contributed by atoms with Crippen LogP contribution in [0.5, 0.6) is 0 Å². The summed E-state index contributed by atoms with van der Waals surface area (Å²) in [6.07, 6.45) is 7.17. The summed E-state index contributed by atoms with van der Waals surface area (Å²) in [6.45, 7) is 0.903. The Morgan fingerprint density at radius 3 is 2.62 bits per heavy atom. The molecule has 1 aromatic carbocycles. The fourth-order valence-corrected chi connectivity index (χ4v) is 3.46. The van der Waals surface area contributed by atoms with Gasteiger partial charge in [0.2, 0.25) is 0 Å². The van der Waals surface area contributed by atoms with E-state index in [0.29, 0.717) is 18.7 Å². The molecule has 1 N–H and O–H groups in total. The maximum Gasteiger partial charge on any atom is 0.295 e. The van der Waals surface area contributed by atoms with E-state index >= 15 is 0 Å². The number of carbonyl (C=O) groups is 2. The van der Waals surface area contributed by atoms with Gasteiger partial charge in [-0.2, -0.15) is 0 Å². The monoisotopic (exact) mass is 395 g/mol. The van der Waals surface area contributed by atoms with Gasteiger partial charge >= 0.3 is 0 Å². The number of hydrogen-bond acceptors (Lipinski definition) is 5. The maximum atomic E-state index is 13.2. The number of aryl methyl sites for hydroxylation is 1. The Morgan fingerprint density at radius 1 is 1.17 bits per heavy atom.